The molecule has 0 saturated heterocycles. The molecule has 5 heteroatoms. The predicted molar refractivity (Wildman–Crippen MR) is 59.5 cm³/mol. The van der Waals surface area contributed by atoms with Crippen molar-refractivity contribution in [3.8, 4) is 0 Å². The lowest BCUT2D eigenvalue weighted by atomic mass is 10.0. The van der Waals surface area contributed by atoms with Crippen molar-refractivity contribution in [1.29, 1.82) is 0 Å². The minimum Gasteiger partial charge on any atom is -0.481 e. The van der Waals surface area contributed by atoms with Gasteiger partial charge in [0.1, 0.15) is 0 Å². The summed E-state index contributed by atoms with van der Waals surface area (Å²) >= 11 is 0. The molecule has 0 aromatic heterocycles. The van der Waals surface area contributed by atoms with Gasteiger partial charge in [-0.15, -0.1) is 0 Å². The minimum atomic E-state index is -0.956. The fraction of sp³-hybridized carbons (Fsp3) is 0.200. The van der Waals surface area contributed by atoms with Crippen LogP contribution in [0, 0.1) is 0 Å². The molecule has 0 aliphatic carbocycles. The van der Waals surface area contributed by atoms with E-state index in [1.807, 2.05) is 0 Å². The summed E-state index contributed by atoms with van der Waals surface area (Å²) in [4.78, 5) is 20.9. The van der Waals surface area contributed by atoms with Crippen LogP contribution < -0.4 is 0 Å². The first-order chi connectivity index (χ1) is 6.59. The van der Waals surface area contributed by atoms with Gasteiger partial charge in [-0.2, -0.15) is 13.5 Å². The van der Waals surface area contributed by atoms with Crippen LogP contribution in [0.2, 0.25) is 0 Å². The van der Waals surface area contributed by atoms with Crippen molar-refractivity contribution in [2.45, 2.75) is 12.8 Å². The van der Waals surface area contributed by atoms with E-state index in [1.165, 1.54) is 0 Å². The summed E-state index contributed by atoms with van der Waals surface area (Å²) in [5.41, 5.74) is 1.12. The molecule has 0 atom stereocenters. The summed E-state index contributed by atoms with van der Waals surface area (Å²) in [5.74, 6) is -1.91. The summed E-state index contributed by atoms with van der Waals surface area (Å²) < 4.78 is 0. The van der Waals surface area contributed by atoms with Crippen LogP contribution in [0.4, 0.5) is 0 Å². The molecule has 0 aliphatic rings. The average Bonchev–Trinajstić information content (AvgIpc) is 2.06. The lowest BCUT2D eigenvalue weighted by molar-refractivity contribution is -0.137. The van der Waals surface area contributed by atoms with Gasteiger partial charge in [-0.25, -0.2) is 0 Å². The molecule has 0 amide bonds. The Morgan fingerprint density at radius 3 is 1.53 bits per heavy atom. The van der Waals surface area contributed by atoms with E-state index >= 15 is 0 Å². The van der Waals surface area contributed by atoms with E-state index in [1.54, 1.807) is 24.3 Å². The van der Waals surface area contributed by atoms with Gasteiger partial charge in [0.2, 0.25) is 0 Å². The van der Waals surface area contributed by atoms with Gasteiger partial charge in [0.05, 0.1) is 12.8 Å². The molecule has 1 aromatic carbocycles. The number of hydrogen-bond donors (Lipinski definition) is 2. The van der Waals surface area contributed by atoms with Crippen LogP contribution in [-0.2, 0) is 22.4 Å². The van der Waals surface area contributed by atoms with Crippen molar-refractivity contribution in [2.24, 2.45) is 0 Å². The molecule has 0 unspecified atom stereocenters. The van der Waals surface area contributed by atoms with E-state index in [4.69, 9.17) is 10.2 Å². The highest BCUT2D eigenvalue weighted by atomic mass is 32.1. The van der Waals surface area contributed by atoms with Gasteiger partial charge in [-0.1, -0.05) is 24.3 Å². The van der Waals surface area contributed by atoms with Gasteiger partial charge >= 0.3 is 11.9 Å². The van der Waals surface area contributed by atoms with Crippen LogP contribution in [0.15, 0.2) is 24.3 Å². The lowest BCUT2D eigenvalue weighted by Gasteiger charge is -2.04. The number of rotatable bonds is 4. The lowest BCUT2D eigenvalue weighted by Crippen LogP contribution is -2.07. The number of benzene rings is 1. The largest absolute Gasteiger partial charge is 0.481 e. The summed E-state index contributed by atoms with van der Waals surface area (Å²) in [6.07, 6.45) is -0.271. The first-order valence-electron chi connectivity index (χ1n) is 4.10. The van der Waals surface area contributed by atoms with Gasteiger partial charge < -0.3 is 10.2 Å². The second-order valence-corrected chi connectivity index (χ2v) is 2.91. The summed E-state index contributed by atoms with van der Waals surface area (Å²) in [7, 11) is 0. The van der Waals surface area contributed by atoms with E-state index < -0.39 is 11.9 Å². The fourth-order valence-corrected chi connectivity index (χ4v) is 1.23. The van der Waals surface area contributed by atoms with Crippen LogP contribution in [0.25, 0.3) is 0 Å². The van der Waals surface area contributed by atoms with E-state index in [9.17, 15) is 9.59 Å². The number of carboxylic acid groups (broad SMARTS) is 2. The van der Waals surface area contributed by atoms with Gasteiger partial charge in [-0.3, -0.25) is 9.59 Å². The molecule has 0 aliphatic heterocycles. The molecule has 0 saturated carbocycles. The highest BCUT2D eigenvalue weighted by molar-refractivity contribution is 7.59. The van der Waals surface area contributed by atoms with Crippen molar-refractivity contribution >= 4 is 25.4 Å². The molecule has 82 valence electrons. The second kappa shape index (κ2) is 6.08. The molecular formula is C10H12O4S. The Labute approximate surface area is 94.0 Å². The van der Waals surface area contributed by atoms with Crippen LogP contribution in [0.1, 0.15) is 11.1 Å². The quantitative estimate of drug-likeness (QED) is 0.807. The summed E-state index contributed by atoms with van der Waals surface area (Å²) in [6.45, 7) is 0. The molecule has 0 heterocycles. The average molecular weight is 228 g/mol. The predicted octanol–water partition coefficient (Wildman–Crippen LogP) is 1.05. The molecule has 2 N–H and O–H groups in total. The molecular weight excluding hydrogens is 216 g/mol. The molecule has 4 nitrogen and oxygen atoms in total. The Balaban J connectivity index is 0.00000196. The molecule has 0 fully saturated rings. The molecule has 1 aromatic rings. The van der Waals surface area contributed by atoms with E-state index in [0.717, 1.165) is 0 Å². The highest BCUT2D eigenvalue weighted by Gasteiger charge is 2.08. The van der Waals surface area contributed by atoms with E-state index in [-0.39, 0.29) is 26.3 Å². The Morgan fingerprint density at radius 1 is 0.933 bits per heavy atom. The van der Waals surface area contributed by atoms with Crippen molar-refractivity contribution in [3.63, 3.8) is 0 Å². The van der Waals surface area contributed by atoms with Crippen LogP contribution in [0.5, 0.6) is 0 Å². The van der Waals surface area contributed by atoms with Crippen molar-refractivity contribution in [1.82, 2.24) is 0 Å². The van der Waals surface area contributed by atoms with E-state index in [2.05, 4.69) is 0 Å². The number of carboxylic acids is 2. The third-order valence-electron chi connectivity index (χ3n) is 1.80. The standard InChI is InChI=1S/C10H10O4.H2S/c11-9(12)5-7-3-1-2-4-8(7)6-10(13)14;/h1-4H,5-6H2,(H,11,12)(H,13,14);1H2. The topological polar surface area (TPSA) is 74.6 Å². The molecule has 0 bridgehead atoms. The van der Waals surface area contributed by atoms with Crippen molar-refractivity contribution < 1.29 is 19.8 Å². The third-order valence-corrected chi connectivity index (χ3v) is 1.80. The van der Waals surface area contributed by atoms with Crippen molar-refractivity contribution in [2.75, 3.05) is 0 Å². The Kier molecular flexibility index (Phi) is 5.48. The molecule has 1 rings (SSSR count). The van der Waals surface area contributed by atoms with Gasteiger partial charge in [-0.05, 0) is 11.1 Å². The number of aliphatic carboxylic acids is 2. The summed E-state index contributed by atoms with van der Waals surface area (Å²) in [6, 6.07) is 6.66. The van der Waals surface area contributed by atoms with Crippen LogP contribution >= 0.6 is 13.5 Å². The first-order valence-corrected chi connectivity index (χ1v) is 4.10. The maximum atomic E-state index is 10.5. The fourth-order valence-electron chi connectivity index (χ4n) is 1.23. The molecule has 0 spiro atoms. The first kappa shape index (κ1) is 13.5. The normalized spacial score (nSPS) is 9.07. The van der Waals surface area contributed by atoms with Crippen molar-refractivity contribution in [3.05, 3.63) is 35.4 Å². The Bertz CT molecular complexity index is 327. The van der Waals surface area contributed by atoms with Crippen LogP contribution in [0.3, 0.4) is 0 Å². The van der Waals surface area contributed by atoms with Gasteiger partial charge in [0.15, 0.2) is 0 Å². The van der Waals surface area contributed by atoms with Gasteiger partial charge in [0, 0.05) is 0 Å². The highest BCUT2D eigenvalue weighted by Crippen LogP contribution is 2.10. The zero-order chi connectivity index (χ0) is 10.6. The van der Waals surface area contributed by atoms with Gasteiger partial charge in [0.25, 0.3) is 0 Å². The minimum absolute atomic E-state index is 0. The molecule has 15 heavy (non-hydrogen) atoms. The summed E-state index contributed by atoms with van der Waals surface area (Å²) in [5, 5.41) is 17.2. The van der Waals surface area contributed by atoms with Crippen LogP contribution in [-0.4, -0.2) is 22.2 Å². The second-order valence-electron chi connectivity index (χ2n) is 2.91. The third kappa shape index (κ3) is 4.51. The maximum Gasteiger partial charge on any atom is 0.307 e. The number of hydrogen-bond acceptors (Lipinski definition) is 2. The zero-order valence-corrected chi connectivity index (χ0v) is 8.93. The van der Waals surface area contributed by atoms with E-state index in [0.29, 0.717) is 11.1 Å². The Morgan fingerprint density at radius 2 is 1.27 bits per heavy atom. The number of carbonyl (C=O) groups is 2. The smallest absolute Gasteiger partial charge is 0.307 e. The Hall–Kier alpha value is -1.49. The zero-order valence-electron chi connectivity index (χ0n) is 7.93. The maximum absolute atomic E-state index is 10.5. The SMILES string of the molecule is O=C(O)Cc1ccccc1CC(=O)O.S. The molecule has 0 radical (unpaired) electrons. The monoisotopic (exact) mass is 228 g/mol.